The van der Waals surface area contributed by atoms with E-state index in [-0.39, 0.29) is 23.5 Å². The quantitative estimate of drug-likeness (QED) is 0.862. The molecule has 1 heterocycles. The largest absolute Gasteiger partial charge is 0.342 e. The van der Waals surface area contributed by atoms with E-state index in [1.54, 1.807) is 6.92 Å². The van der Waals surface area contributed by atoms with Crippen LogP contribution in [-0.4, -0.2) is 29.7 Å². The molecule has 124 valence electrons. The number of piperidine rings is 1. The molecule has 1 saturated heterocycles. The molecule has 0 aliphatic carbocycles. The highest BCUT2D eigenvalue weighted by Gasteiger charge is 2.31. The number of carbonyl (C=O) groups is 2. The summed E-state index contributed by atoms with van der Waals surface area (Å²) in [6.45, 7) is 2.98. The molecule has 1 aliphatic heterocycles. The number of nitrogens with zero attached hydrogens (tertiary/aromatic N) is 1. The van der Waals surface area contributed by atoms with Crippen LogP contribution in [-0.2, 0) is 9.59 Å². The van der Waals surface area contributed by atoms with Crippen LogP contribution >= 0.6 is 0 Å². The van der Waals surface area contributed by atoms with Crippen LogP contribution < -0.4 is 0 Å². The molecule has 3 heteroatoms. The number of hydrogen-bond donors (Lipinski definition) is 0. The van der Waals surface area contributed by atoms with Crippen molar-refractivity contribution in [3.63, 3.8) is 0 Å². The highest BCUT2D eigenvalue weighted by molar-refractivity contribution is 5.87. The van der Waals surface area contributed by atoms with Gasteiger partial charge in [-0.2, -0.15) is 0 Å². The monoisotopic (exact) mass is 321 g/mol. The minimum Gasteiger partial charge on any atom is -0.342 e. The molecule has 1 aliphatic rings. The summed E-state index contributed by atoms with van der Waals surface area (Å²) in [5, 5.41) is 0. The Morgan fingerprint density at radius 1 is 0.875 bits per heavy atom. The second kappa shape index (κ2) is 7.43. The lowest BCUT2D eigenvalue weighted by Gasteiger charge is -2.33. The van der Waals surface area contributed by atoms with Gasteiger partial charge in [-0.15, -0.1) is 0 Å². The van der Waals surface area contributed by atoms with Crippen molar-refractivity contribution in [2.75, 3.05) is 13.1 Å². The molecule has 0 N–H and O–H groups in total. The molecule has 1 amide bonds. The molecule has 0 saturated carbocycles. The molecule has 2 aromatic carbocycles. The average molecular weight is 321 g/mol. The Kier molecular flexibility index (Phi) is 5.09. The smallest absolute Gasteiger partial charge is 0.234 e. The number of hydrogen-bond acceptors (Lipinski definition) is 2. The third kappa shape index (κ3) is 3.56. The van der Waals surface area contributed by atoms with E-state index in [1.807, 2.05) is 65.6 Å². The zero-order valence-electron chi connectivity index (χ0n) is 14.0. The Morgan fingerprint density at radius 2 is 1.33 bits per heavy atom. The normalized spacial score (nSPS) is 15.5. The van der Waals surface area contributed by atoms with E-state index in [1.165, 1.54) is 0 Å². The van der Waals surface area contributed by atoms with Crippen molar-refractivity contribution >= 4 is 11.7 Å². The summed E-state index contributed by atoms with van der Waals surface area (Å²) < 4.78 is 0. The van der Waals surface area contributed by atoms with Gasteiger partial charge in [-0.3, -0.25) is 9.59 Å². The first-order chi connectivity index (χ1) is 11.7. The van der Waals surface area contributed by atoms with Crippen molar-refractivity contribution in [1.29, 1.82) is 0 Å². The van der Waals surface area contributed by atoms with Crippen molar-refractivity contribution in [3.05, 3.63) is 71.8 Å². The Labute approximate surface area is 143 Å². The van der Waals surface area contributed by atoms with Gasteiger partial charge in [-0.05, 0) is 30.9 Å². The van der Waals surface area contributed by atoms with Crippen LogP contribution in [0.25, 0.3) is 0 Å². The average Bonchev–Trinajstić information content (AvgIpc) is 2.64. The first-order valence-electron chi connectivity index (χ1n) is 8.56. The predicted octanol–water partition coefficient (Wildman–Crippen LogP) is 3.65. The Balaban J connectivity index is 1.84. The molecule has 0 unspecified atom stereocenters. The van der Waals surface area contributed by atoms with Crippen LogP contribution in [0.2, 0.25) is 0 Å². The van der Waals surface area contributed by atoms with Gasteiger partial charge in [0.1, 0.15) is 5.78 Å². The van der Waals surface area contributed by atoms with Crippen LogP contribution in [0.15, 0.2) is 60.7 Å². The summed E-state index contributed by atoms with van der Waals surface area (Å²) in [5.74, 6) is 0.210. The number of amides is 1. The maximum atomic E-state index is 13.2. The van der Waals surface area contributed by atoms with Crippen molar-refractivity contribution < 1.29 is 9.59 Å². The topological polar surface area (TPSA) is 37.4 Å². The van der Waals surface area contributed by atoms with E-state index < -0.39 is 0 Å². The number of benzene rings is 2. The number of rotatable bonds is 4. The van der Waals surface area contributed by atoms with Crippen LogP contribution in [0.1, 0.15) is 36.8 Å². The zero-order valence-corrected chi connectivity index (χ0v) is 14.0. The fourth-order valence-corrected chi connectivity index (χ4v) is 3.46. The molecule has 24 heavy (non-hydrogen) atoms. The van der Waals surface area contributed by atoms with E-state index in [2.05, 4.69) is 0 Å². The molecule has 3 nitrogen and oxygen atoms in total. The molecular weight excluding hydrogens is 298 g/mol. The number of carbonyl (C=O) groups excluding carboxylic acids is 2. The lowest BCUT2D eigenvalue weighted by Crippen LogP contribution is -2.42. The summed E-state index contributed by atoms with van der Waals surface area (Å²) >= 11 is 0. The second-order valence-corrected chi connectivity index (χ2v) is 6.46. The molecule has 3 rings (SSSR count). The summed E-state index contributed by atoms with van der Waals surface area (Å²) in [7, 11) is 0. The minimum absolute atomic E-state index is 0.112. The highest BCUT2D eigenvalue weighted by atomic mass is 16.2. The van der Waals surface area contributed by atoms with E-state index in [0.29, 0.717) is 13.1 Å². The number of Topliss-reactive ketones (excluding diaryl/α,β-unsaturated/α-hetero) is 1. The minimum atomic E-state index is -0.277. The van der Waals surface area contributed by atoms with E-state index >= 15 is 0 Å². The SMILES string of the molecule is CC(=O)C1CCN(C(=O)C(c2ccccc2)c2ccccc2)CC1. The third-order valence-electron chi connectivity index (χ3n) is 4.89. The van der Waals surface area contributed by atoms with Gasteiger partial charge >= 0.3 is 0 Å². The predicted molar refractivity (Wildman–Crippen MR) is 94.7 cm³/mol. The molecule has 0 atom stereocenters. The van der Waals surface area contributed by atoms with Crippen molar-refractivity contribution in [2.45, 2.75) is 25.7 Å². The molecule has 0 aromatic heterocycles. The Hall–Kier alpha value is -2.42. The van der Waals surface area contributed by atoms with E-state index in [9.17, 15) is 9.59 Å². The van der Waals surface area contributed by atoms with Gasteiger partial charge in [0.2, 0.25) is 5.91 Å². The number of ketones is 1. The first-order valence-corrected chi connectivity index (χ1v) is 8.56. The van der Waals surface area contributed by atoms with E-state index in [4.69, 9.17) is 0 Å². The van der Waals surface area contributed by atoms with Gasteiger partial charge in [-0.1, -0.05) is 60.7 Å². The molecule has 2 aromatic rings. The van der Waals surface area contributed by atoms with Gasteiger partial charge in [-0.25, -0.2) is 0 Å². The van der Waals surface area contributed by atoms with Gasteiger partial charge in [0.15, 0.2) is 0 Å². The fraction of sp³-hybridized carbons (Fsp3) is 0.333. The number of likely N-dealkylation sites (tertiary alicyclic amines) is 1. The third-order valence-corrected chi connectivity index (χ3v) is 4.89. The Morgan fingerprint density at radius 3 is 1.75 bits per heavy atom. The zero-order chi connectivity index (χ0) is 16.9. The van der Waals surface area contributed by atoms with Crippen molar-refractivity contribution in [1.82, 2.24) is 4.90 Å². The van der Waals surface area contributed by atoms with Crippen molar-refractivity contribution in [2.24, 2.45) is 5.92 Å². The standard InChI is InChI=1S/C21H23NO2/c1-16(23)17-12-14-22(15-13-17)21(24)20(18-8-4-2-5-9-18)19-10-6-3-7-11-19/h2-11,17,20H,12-15H2,1H3. The lowest BCUT2D eigenvalue weighted by molar-refractivity contribution is -0.135. The molecule has 0 spiro atoms. The maximum Gasteiger partial charge on any atom is 0.234 e. The van der Waals surface area contributed by atoms with Crippen LogP contribution in [0.5, 0.6) is 0 Å². The van der Waals surface area contributed by atoms with Gasteiger partial charge < -0.3 is 4.90 Å². The van der Waals surface area contributed by atoms with Crippen LogP contribution in [0, 0.1) is 5.92 Å². The van der Waals surface area contributed by atoms with Crippen LogP contribution in [0.4, 0.5) is 0 Å². The van der Waals surface area contributed by atoms with Crippen LogP contribution in [0.3, 0.4) is 0 Å². The lowest BCUT2D eigenvalue weighted by atomic mass is 9.88. The Bertz CT molecular complexity index is 649. The highest BCUT2D eigenvalue weighted by Crippen LogP contribution is 2.29. The second-order valence-electron chi connectivity index (χ2n) is 6.46. The molecular formula is C21H23NO2. The van der Waals surface area contributed by atoms with E-state index in [0.717, 1.165) is 24.0 Å². The van der Waals surface area contributed by atoms with Gasteiger partial charge in [0, 0.05) is 19.0 Å². The maximum absolute atomic E-state index is 13.2. The van der Waals surface area contributed by atoms with Gasteiger partial charge in [0.05, 0.1) is 5.92 Å². The first kappa shape index (κ1) is 16.4. The summed E-state index contributed by atoms with van der Waals surface area (Å²) in [5.41, 5.74) is 2.03. The van der Waals surface area contributed by atoms with Gasteiger partial charge in [0.25, 0.3) is 0 Å². The van der Waals surface area contributed by atoms with Crippen molar-refractivity contribution in [3.8, 4) is 0 Å². The summed E-state index contributed by atoms with van der Waals surface area (Å²) in [4.78, 5) is 26.7. The summed E-state index contributed by atoms with van der Waals surface area (Å²) in [6, 6.07) is 19.9. The molecule has 0 bridgehead atoms. The summed E-state index contributed by atoms with van der Waals surface area (Å²) in [6.07, 6.45) is 1.55. The molecule has 0 radical (unpaired) electrons. The fourth-order valence-electron chi connectivity index (χ4n) is 3.46. The molecule has 1 fully saturated rings.